The highest BCUT2D eigenvalue weighted by atomic mass is 32.2. The fraction of sp³-hybridized carbons (Fsp3) is 0.0909. The number of hydrogen-bond donors (Lipinski definition) is 2. The molecule has 0 bridgehead atoms. The lowest BCUT2D eigenvalue weighted by molar-refractivity contribution is 0.0846. The number of ether oxygens (including phenoxy) is 1. The molecule has 3 aromatic rings. The molecule has 0 aliphatic rings. The number of hydrogen-bond acceptors (Lipinski definition) is 5. The Morgan fingerprint density at radius 1 is 0.742 bits per heavy atom. The third-order valence-corrected chi connectivity index (χ3v) is 6.07. The standard InChI is InChI=1S/C22H21N3O5S/c1-25(2)31(28,29)20-10-6-7-17(15-20)22(27)24-23-21(26)16-11-13-19(14-12-16)30-18-8-4-3-5-9-18/h3-15H,1-2H3,(H,23,26)(H,24,27). The summed E-state index contributed by atoms with van der Waals surface area (Å²) in [5.74, 6) is 0.0565. The van der Waals surface area contributed by atoms with E-state index < -0.39 is 21.8 Å². The zero-order valence-corrected chi connectivity index (χ0v) is 17.7. The molecule has 0 aliphatic heterocycles. The second-order valence-electron chi connectivity index (χ2n) is 6.66. The molecule has 0 atom stereocenters. The van der Waals surface area contributed by atoms with E-state index in [0.29, 0.717) is 17.1 Å². The number of benzene rings is 3. The van der Waals surface area contributed by atoms with Gasteiger partial charge in [0.05, 0.1) is 4.90 Å². The minimum Gasteiger partial charge on any atom is -0.457 e. The van der Waals surface area contributed by atoms with E-state index in [2.05, 4.69) is 10.9 Å². The summed E-state index contributed by atoms with van der Waals surface area (Å²) in [6.45, 7) is 0. The van der Waals surface area contributed by atoms with Crippen molar-refractivity contribution < 1.29 is 22.7 Å². The summed E-state index contributed by atoms with van der Waals surface area (Å²) in [5, 5.41) is 0. The molecule has 0 saturated heterocycles. The van der Waals surface area contributed by atoms with E-state index in [1.54, 1.807) is 24.3 Å². The first-order valence-corrected chi connectivity index (χ1v) is 10.7. The van der Waals surface area contributed by atoms with Crippen LogP contribution in [0.15, 0.2) is 83.8 Å². The van der Waals surface area contributed by atoms with Gasteiger partial charge in [-0.3, -0.25) is 20.4 Å². The normalized spacial score (nSPS) is 11.1. The highest BCUT2D eigenvalue weighted by Crippen LogP contribution is 2.21. The van der Waals surface area contributed by atoms with Gasteiger partial charge >= 0.3 is 0 Å². The van der Waals surface area contributed by atoms with Crippen LogP contribution in [0.5, 0.6) is 11.5 Å². The van der Waals surface area contributed by atoms with Crippen molar-refractivity contribution in [1.82, 2.24) is 15.2 Å². The maximum Gasteiger partial charge on any atom is 0.269 e. The van der Waals surface area contributed by atoms with E-state index in [0.717, 1.165) is 4.31 Å². The van der Waals surface area contributed by atoms with Crippen molar-refractivity contribution in [3.63, 3.8) is 0 Å². The molecule has 31 heavy (non-hydrogen) atoms. The Balaban J connectivity index is 1.61. The molecule has 160 valence electrons. The van der Waals surface area contributed by atoms with Crippen LogP contribution < -0.4 is 15.6 Å². The van der Waals surface area contributed by atoms with Crippen LogP contribution in [0.2, 0.25) is 0 Å². The van der Waals surface area contributed by atoms with Gasteiger partial charge in [0.1, 0.15) is 11.5 Å². The van der Waals surface area contributed by atoms with Crippen molar-refractivity contribution in [1.29, 1.82) is 0 Å². The fourth-order valence-electron chi connectivity index (χ4n) is 2.57. The third-order valence-electron chi connectivity index (χ3n) is 4.26. The van der Waals surface area contributed by atoms with Crippen LogP contribution in [0.1, 0.15) is 20.7 Å². The maximum atomic E-state index is 12.3. The zero-order chi connectivity index (χ0) is 22.4. The molecular formula is C22H21N3O5S. The summed E-state index contributed by atoms with van der Waals surface area (Å²) in [4.78, 5) is 24.6. The molecule has 2 N–H and O–H groups in total. The van der Waals surface area contributed by atoms with Crippen LogP contribution in [0, 0.1) is 0 Å². The third kappa shape index (κ3) is 5.47. The van der Waals surface area contributed by atoms with Gasteiger partial charge in [-0.15, -0.1) is 0 Å². The molecule has 0 aromatic heterocycles. The number of sulfonamides is 1. The van der Waals surface area contributed by atoms with Crippen molar-refractivity contribution in [2.45, 2.75) is 4.90 Å². The van der Waals surface area contributed by atoms with Gasteiger partial charge < -0.3 is 4.74 Å². The van der Waals surface area contributed by atoms with Crippen LogP contribution in [-0.4, -0.2) is 38.6 Å². The first-order valence-electron chi connectivity index (χ1n) is 9.23. The summed E-state index contributed by atoms with van der Waals surface area (Å²) >= 11 is 0. The number of para-hydroxylation sites is 1. The predicted octanol–water partition coefficient (Wildman–Crippen LogP) is 2.80. The average Bonchev–Trinajstić information content (AvgIpc) is 2.78. The molecule has 0 aliphatic carbocycles. The largest absolute Gasteiger partial charge is 0.457 e. The number of hydrazine groups is 1. The van der Waals surface area contributed by atoms with Crippen molar-refractivity contribution in [2.24, 2.45) is 0 Å². The number of rotatable bonds is 6. The van der Waals surface area contributed by atoms with Gasteiger partial charge in [0, 0.05) is 25.2 Å². The van der Waals surface area contributed by atoms with Crippen LogP contribution in [0.3, 0.4) is 0 Å². The lowest BCUT2D eigenvalue weighted by Crippen LogP contribution is -2.41. The molecule has 3 rings (SSSR count). The highest BCUT2D eigenvalue weighted by Gasteiger charge is 2.19. The van der Waals surface area contributed by atoms with Crippen molar-refractivity contribution >= 4 is 21.8 Å². The van der Waals surface area contributed by atoms with Crippen molar-refractivity contribution in [3.05, 3.63) is 90.0 Å². The lowest BCUT2D eigenvalue weighted by atomic mass is 10.2. The molecule has 8 nitrogen and oxygen atoms in total. The smallest absolute Gasteiger partial charge is 0.269 e. The summed E-state index contributed by atoms with van der Waals surface area (Å²) in [5.41, 5.74) is 4.99. The van der Waals surface area contributed by atoms with Crippen molar-refractivity contribution in [2.75, 3.05) is 14.1 Å². The minimum atomic E-state index is -3.68. The number of amides is 2. The number of carbonyl (C=O) groups excluding carboxylic acids is 2. The average molecular weight is 439 g/mol. The van der Waals surface area contributed by atoms with Gasteiger partial charge in [-0.25, -0.2) is 12.7 Å². The number of carbonyl (C=O) groups is 2. The lowest BCUT2D eigenvalue weighted by Gasteiger charge is -2.12. The van der Waals surface area contributed by atoms with Gasteiger partial charge in [0.15, 0.2) is 0 Å². The van der Waals surface area contributed by atoms with Gasteiger partial charge in [0.2, 0.25) is 10.0 Å². The molecule has 2 amide bonds. The first kappa shape index (κ1) is 22.0. The minimum absolute atomic E-state index is 0.0227. The summed E-state index contributed by atoms with van der Waals surface area (Å²) < 4.78 is 31.2. The summed E-state index contributed by atoms with van der Waals surface area (Å²) in [7, 11) is -0.877. The monoisotopic (exact) mass is 439 g/mol. The Hall–Kier alpha value is -3.69. The predicted molar refractivity (Wildman–Crippen MR) is 115 cm³/mol. The molecule has 0 saturated carbocycles. The van der Waals surface area contributed by atoms with Crippen molar-refractivity contribution in [3.8, 4) is 11.5 Å². The van der Waals surface area contributed by atoms with Gasteiger partial charge in [-0.1, -0.05) is 24.3 Å². The van der Waals surface area contributed by atoms with Gasteiger partial charge in [-0.2, -0.15) is 0 Å². The fourth-order valence-corrected chi connectivity index (χ4v) is 3.51. The molecular weight excluding hydrogens is 418 g/mol. The van der Waals surface area contributed by atoms with Crippen LogP contribution in [-0.2, 0) is 10.0 Å². The highest BCUT2D eigenvalue weighted by molar-refractivity contribution is 7.89. The van der Waals surface area contributed by atoms with E-state index in [9.17, 15) is 18.0 Å². The Labute approximate surface area is 180 Å². The Morgan fingerprint density at radius 2 is 1.32 bits per heavy atom. The second-order valence-corrected chi connectivity index (χ2v) is 8.81. The van der Waals surface area contributed by atoms with E-state index in [1.807, 2.05) is 30.3 Å². The quantitative estimate of drug-likeness (QED) is 0.575. The van der Waals surface area contributed by atoms with Crippen LogP contribution >= 0.6 is 0 Å². The zero-order valence-electron chi connectivity index (χ0n) is 16.9. The first-order chi connectivity index (χ1) is 14.8. The molecule has 0 heterocycles. The van der Waals surface area contributed by atoms with Crippen LogP contribution in [0.4, 0.5) is 0 Å². The molecule has 0 unspecified atom stereocenters. The number of nitrogens with zero attached hydrogens (tertiary/aromatic N) is 1. The van der Waals surface area contributed by atoms with E-state index in [4.69, 9.17) is 4.74 Å². The maximum absolute atomic E-state index is 12.3. The Morgan fingerprint density at radius 3 is 1.94 bits per heavy atom. The Bertz CT molecular complexity index is 1180. The molecule has 0 radical (unpaired) electrons. The summed E-state index contributed by atoms with van der Waals surface area (Å²) in [6.07, 6.45) is 0. The SMILES string of the molecule is CN(C)S(=O)(=O)c1cccc(C(=O)NNC(=O)c2ccc(Oc3ccccc3)cc2)c1. The molecule has 3 aromatic carbocycles. The Kier molecular flexibility index (Phi) is 6.68. The van der Waals surface area contributed by atoms with Gasteiger partial charge in [0.25, 0.3) is 11.8 Å². The number of nitrogens with one attached hydrogen (secondary N) is 2. The molecule has 9 heteroatoms. The second kappa shape index (κ2) is 9.41. The summed E-state index contributed by atoms with van der Waals surface area (Å²) in [6, 6.07) is 21.2. The van der Waals surface area contributed by atoms with Gasteiger partial charge in [-0.05, 0) is 54.6 Å². The topological polar surface area (TPSA) is 105 Å². The van der Waals surface area contributed by atoms with E-state index in [-0.39, 0.29) is 10.5 Å². The molecule has 0 fully saturated rings. The molecule has 0 spiro atoms. The van der Waals surface area contributed by atoms with Crippen LogP contribution in [0.25, 0.3) is 0 Å². The van der Waals surface area contributed by atoms with E-state index in [1.165, 1.54) is 38.4 Å². The van der Waals surface area contributed by atoms with E-state index >= 15 is 0 Å².